The first-order chi connectivity index (χ1) is 12.1. The van der Waals surface area contributed by atoms with E-state index in [-0.39, 0.29) is 11.7 Å². The average Bonchev–Trinajstić information content (AvgIpc) is 2.67. The summed E-state index contributed by atoms with van der Waals surface area (Å²) in [4.78, 5) is 16.5. The van der Waals surface area contributed by atoms with Crippen molar-refractivity contribution in [2.45, 2.75) is 19.6 Å². The van der Waals surface area contributed by atoms with E-state index in [1.165, 1.54) is 0 Å². The van der Waals surface area contributed by atoms with Crippen LogP contribution in [0.25, 0.3) is 0 Å². The standard InChI is InChI=1S/C20H24N2O3/c1-16(25-15-17-7-3-2-4-8-17)20(24)22-13-11-21(12-14-22)18-9-5-6-10-19(18)23/h2-10,16,23H,11-15H2,1H3/t16-/m0/s1. The molecule has 0 saturated carbocycles. The largest absolute Gasteiger partial charge is 0.506 e. The van der Waals surface area contributed by atoms with Gasteiger partial charge in [0.05, 0.1) is 12.3 Å². The fraction of sp³-hybridized carbons (Fsp3) is 0.350. The van der Waals surface area contributed by atoms with Crippen molar-refractivity contribution in [1.82, 2.24) is 4.90 Å². The number of phenolic OH excluding ortho intramolecular Hbond substituents is 1. The predicted molar refractivity (Wildman–Crippen MR) is 97.6 cm³/mol. The molecular weight excluding hydrogens is 316 g/mol. The van der Waals surface area contributed by atoms with Crippen LogP contribution in [0.4, 0.5) is 5.69 Å². The van der Waals surface area contributed by atoms with E-state index >= 15 is 0 Å². The minimum atomic E-state index is -0.461. The lowest BCUT2D eigenvalue weighted by Crippen LogP contribution is -2.51. The molecule has 132 valence electrons. The third kappa shape index (κ3) is 4.31. The maximum Gasteiger partial charge on any atom is 0.251 e. The highest BCUT2D eigenvalue weighted by Gasteiger charge is 2.26. The smallest absolute Gasteiger partial charge is 0.251 e. The van der Waals surface area contributed by atoms with Gasteiger partial charge in [-0.25, -0.2) is 0 Å². The van der Waals surface area contributed by atoms with E-state index in [0.29, 0.717) is 32.8 Å². The Balaban J connectivity index is 1.50. The van der Waals surface area contributed by atoms with Gasteiger partial charge >= 0.3 is 0 Å². The number of anilines is 1. The van der Waals surface area contributed by atoms with Gasteiger partial charge in [-0.05, 0) is 24.6 Å². The van der Waals surface area contributed by atoms with Crippen LogP contribution in [0.5, 0.6) is 5.75 Å². The SMILES string of the molecule is C[C@H](OCc1ccccc1)C(=O)N1CCN(c2ccccc2O)CC1. The molecule has 0 unspecified atom stereocenters. The number of hydrogen-bond acceptors (Lipinski definition) is 4. The zero-order valence-corrected chi connectivity index (χ0v) is 14.5. The van der Waals surface area contributed by atoms with E-state index in [1.807, 2.05) is 53.4 Å². The van der Waals surface area contributed by atoms with Crippen LogP contribution in [0.2, 0.25) is 0 Å². The number of carbonyl (C=O) groups excluding carboxylic acids is 1. The van der Waals surface area contributed by atoms with Gasteiger partial charge in [-0.15, -0.1) is 0 Å². The summed E-state index contributed by atoms with van der Waals surface area (Å²) in [5.74, 6) is 0.301. The normalized spacial score (nSPS) is 15.9. The van der Waals surface area contributed by atoms with Crippen molar-refractivity contribution < 1.29 is 14.6 Å². The number of piperazine rings is 1. The Morgan fingerprint density at radius 1 is 1.04 bits per heavy atom. The van der Waals surface area contributed by atoms with Crippen molar-refractivity contribution in [3.05, 3.63) is 60.2 Å². The van der Waals surface area contributed by atoms with Gasteiger partial charge in [-0.1, -0.05) is 42.5 Å². The highest BCUT2D eigenvalue weighted by atomic mass is 16.5. The Kier molecular flexibility index (Phi) is 5.56. The molecule has 5 nitrogen and oxygen atoms in total. The van der Waals surface area contributed by atoms with Crippen LogP contribution in [0.1, 0.15) is 12.5 Å². The van der Waals surface area contributed by atoms with Crippen molar-refractivity contribution in [3.63, 3.8) is 0 Å². The van der Waals surface area contributed by atoms with Crippen LogP contribution < -0.4 is 4.90 Å². The Morgan fingerprint density at radius 3 is 2.36 bits per heavy atom. The lowest BCUT2D eigenvalue weighted by Gasteiger charge is -2.37. The highest BCUT2D eigenvalue weighted by Crippen LogP contribution is 2.27. The molecule has 0 aromatic heterocycles. The summed E-state index contributed by atoms with van der Waals surface area (Å²) in [6.45, 7) is 4.91. The van der Waals surface area contributed by atoms with Gasteiger partial charge in [-0.3, -0.25) is 4.79 Å². The molecule has 1 fully saturated rings. The number of benzene rings is 2. The third-order valence-electron chi connectivity index (χ3n) is 4.50. The van der Waals surface area contributed by atoms with Crippen LogP contribution in [-0.4, -0.2) is 48.2 Å². The molecule has 1 heterocycles. The molecule has 1 N–H and O–H groups in total. The monoisotopic (exact) mass is 340 g/mol. The number of amides is 1. The molecular formula is C20H24N2O3. The Morgan fingerprint density at radius 2 is 1.68 bits per heavy atom. The first kappa shape index (κ1) is 17.3. The summed E-state index contributed by atoms with van der Waals surface area (Å²) in [6.07, 6.45) is -0.461. The summed E-state index contributed by atoms with van der Waals surface area (Å²) in [6, 6.07) is 17.2. The Bertz CT molecular complexity index is 697. The van der Waals surface area contributed by atoms with Crippen molar-refractivity contribution in [2.75, 3.05) is 31.1 Å². The van der Waals surface area contributed by atoms with E-state index in [2.05, 4.69) is 4.90 Å². The number of para-hydroxylation sites is 2. The van der Waals surface area contributed by atoms with E-state index in [9.17, 15) is 9.90 Å². The van der Waals surface area contributed by atoms with Crippen LogP contribution in [0, 0.1) is 0 Å². The summed E-state index contributed by atoms with van der Waals surface area (Å²) < 4.78 is 5.73. The number of nitrogens with zero attached hydrogens (tertiary/aromatic N) is 2. The van der Waals surface area contributed by atoms with Gasteiger partial charge in [-0.2, -0.15) is 0 Å². The molecule has 1 saturated heterocycles. The molecule has 2 aromatic carbocycles. The molecule has 0 aliphatic carbocycles. The second-order valence-electron chi connectivity index (χ2n) is 6.24. The maximum atomic E-state index is 12.6. The third-order valence-corrected chi connectivity index (χ3v) is 4.50. The van der Waals surface area contributed by atoms with Gasteiger partial charge in [0.1, 0.15) is 11.9 Å². The second-order valence-corrected chi connectivity index (χ2v) is 6.24. The summed E-state index contributed by atoms with van der Waals surface area (Å²) in [5.41, 5.74) is 1.88. The lowest BCUT2D eigenvalue weighted by molar-refractivity contribution is -0.143. The number of aromatic hydroxyl groups is 1. The Labute approximate surface area is 148 Å². The van der Waals surface area contributed by atoms with Crippen molar-refractivity contribution >= 4 is 11.6 Å². The summed E-state index contributed by atoms with van der Waals surface area (Å²) in [5, 5.41) is 9.96. The number of rotatable bonds is 5. The fourth-order valence-corrected chi connectivity index (χ4v) is 3.02. The lowest BCUT2D eigenvalue weighted by atomic mass is 10.2. The molecule has 0 bridgehead atoms. The van der Waals surface area contributed by atoms with Crippen LogP contribution in [0.15, 0.2) is 54.6 Å². The minimum Gasteiger partial charge on any atom is -0.506 e. The summed E-state index contributed by atoms with van der Waals surface area (Å²) in [7, 11) is 0. The van der Waals surface area contributed by atoms with E-state index in [4.69, 9.17) is 4.74 Å². The molecule has 1 atom stereocenters. The Hall–Kier alpha value is -2.53. The molecule has 3 rings (SSSR count). The van der Waals surface area contributed by atoms with Crippen LogP contribution in [0.3, 0.4) is 0 Å². The molecule has 1 amide bonds. The zero-order valence-electron chi connectivity index (χ0n) is 14.5. The van der Waals surface area contributed by atoms with Gasteiger partial charge in [0, 0.05) is 26.2 Å². The molecule has 0 radical (unpaired) electrons. The number of carbonyl (C=O) groups is 1. The summed E-state index contributed by atoms with van der Waals surface area (Å²) >= 11 is 0. The van der Waals surface area contributed by atoms with Crippen LogP contribution >= 0.6 is 0 Å². The van der Waals surface area contributed by atoms with Gasteiger partial charge in [0.15, 0.2) is 0 Å². The van der Waals surface area contributed by atoms with E-state index < -0.39 is 6.10 Å². The molecule has 2 aromatic rings. The highest BCUT2D eigenvalue weighted by molar-refractivity contribution is 5.81. The molecule has 5 heteroatoms. The topological polar surface area (TPSA) is 53.0 Å². The minimum absolute atomic E-state index is 0.0212. The second kappa shape index (κ2) is 8.03. The first-order valence-corrected chi connectivity index (χ1v) is 8.62. The van der Waals surface area contributed by atoms with Crippen molar-refractivity contribution in [2.24, 2.45) is 0 Å². The van der Waals surface area contributed by atoms with E-state index in [0.717, 1.165) is 11.3 Å². The van der Waals surface area contributed by atoms with Gasteiger partial charge in [0.25, 0.3) is 5.91 Å². The van der Waals surface area contributed by atoms with E-state index in [1.54, 1.807) is 13.0 Å². The predicted octanol–water partition coefficient (Wildman–Crippen LogP) is 2.65. The quantitative estimate of drug-likeness (QED) is 0.909. The molecule has 1 aliphatic heterocycles. The zero-order chi connectivity index (χ0) is 17.6. The van der Waals surface area contributed by atoms with Gasteiger partial charge < -0.3 is 19.6 Å². The number of ether oxygens (including phenoxy) is 1. The number of hydrogen-bond donors (Lipinski definition) is 1. The number of phenols is 1. The van der Waals surface area contributed by atoms with Gasteiger partial charge in [0.2, 0.25) is 0 Å². The van der Waals surface area contributed by atoms with Crippen LogP contribution in [-0.2, 0) is 16.1 Å². The molecule has 0 spiro atoms. The average molecular weight is 340 g/mol. The molecule has 25 heavy (non-hydrogen) atoms. The fourth-order valence-electron chi connectivity index (χ4n) is 3.02. The maximum absolute atomic E-state index is 12.6. The van der Waals surface area contributed by atoms with Crippen molar-refractivity contribution in [1.29, 1.82) is 0 Å². The molecule has 1 aliphatic rings. The first-order valence-electron chi connectivity index (χ1n) is 8.62. The van der Waals surface area contributed by atoms with Crippen molar-refractivity contribution in [3.8, 4) is 5.75 Å².